The van der Waals surface area contributed by atoms with E-state index < -0.39 is 0 Å². The van der Waals surface area contributed by atoms with Crippen molar-refractivity contribution in [2.45, 2.75) is 26.2 Å². The van der Waals surface area contributed by atoms with Gasteiger partial charge in [0.25, 0.3) is 11.8 Å². The van der Waals surface area contributed by atoms with Gasteiger partial charge >= 0.3 is 0 Å². The number of carbonyl (C=O) groups excluding carboxylic acids is 2. The molecule has 6 heterocycles. The molecule has 1 N–H and O–H groups in total. The van der Waals surface area contributed by atoms with E-state index in [1.807, 2.05) is 17.0 Å². The number of anilines is 3. The maximum atomic E-state index is 13.6. The van der Waals surface area contributed by atoms with Gasteiger partial charge in [-0.1, -0.05) is 0 Å². The summed E-state index contributed by atoms with van der Waals surface area (Å²) in [6.07, 6.45) is 4.69. The van der Waals surface area contributed by atoms with Gasteiger partial charge in [-0.3, -0.25) is 9.59 Å². The van der Waals surface area contributed by atoms with E-state index in [4.69, 9.17) is 4.74 Å². The Balaban J connectivity index is 1.05. The third-order valence-corrected chi connectivity index (χ3v) is 10.4. The molecule has 0 aliphatic carbocycles. The minimum Gasteiger partial charge on any atom is -0.381 e. The Hall–Kier alpha value is -3.53. The average molecular weight is 571 g/mol. The van der Waals surface area contributed by atoms with Gasteiger partial charge in [0.1, 0.15) is 5.82 Å². The summed E-state index contributed by atoms with van der Waals surface area (Å²) in [5.41, 5.74) is 4.38. The van der Waals surface area contributed by atoms with Crippen LogP contribution < -0.4 is 15.1 Å². The number of ether oxygens (including phenoxy) is 1. The SMILES string of the molecule is Cc1cc2c(s1)-c1sccc1N(C(=O)c1ccc(NC(=O)c3cccnc3N3CC4(CCOCC4)C3)cc1)CC2. The fourth-order valence-electron chi connectivity index (χ4n) is 6.10. The minimum absolute atomic E-state index is 0.0289. The topological polar surface area (TPSA) is 74.8 Å². The molecule has 0 atom stereocenters. The second-order valence-corrected chi connectivity index (χ2v) is 13.1. The highest BCUT2D eigenvalue weighted by atomic mass is 32.1. The van der Waals surface area contributed by atoms with Crippen molar-refractivity contribution in [1.82, 2.24) is 4.98 Å². The number of thiophene rings is 2. The van der Waals surface area contributed by atoms with E-state index in [-0.39, 0.29) is 17.2 Å². The van der Waals surface area contributed by atoms with E-state index in [9.17, 15) is 9.59 Å². The molecule has 0 unspecified atom stereocenters. The van der Waals surface area contributed by atoms with Crippen LogP contribution >= 0.6 is 22.7 Å². The van der Waals surface area contributed by atoms with Crippen LogP contribution in [-0.2, 0) is 11.2 Å². The molecule has 0 saturated carbocycles. The van der Waals surface area contributed by atoms with Crippen molar-refractivity contribution in [3.63, 3.8) is 0 Å². The van der Waals surface area contributed by atoms with Crippen molar-refractivity contribution < 1.29 is 14.3 Å². The van der Waals surface area contributed by atoms with Gasteiger partial charge in [-0.05, 0) is 85.7 Å². The molecule has 3 aromatic heterocycles. The molecular weight excluding hydrogens is 541 g/mol. The quantitative estimate of drug-likeness (QED) is 0.314. The second kappa shape index (κ2) is 10.1. The first-order valence-corrected chi connectivity index (χ1v) is 15.4. The molecule has 4 aromatic rings. The van der Waals surface area contributed by atoms with Crippen molar-refractivity contribution in [2.75, 3.05) is 48.0 Å². The van der Waals surface area contributed by atoms with Crippen molar-refractivity contribution in [1.29, 1.82) is 0 Å². The summed E-state index contributed by atoms with van der Waals surface area (Å²) in [4.78, 5) is 39.3. The first-order chi connectivity index (χ1) is 19.5. The molecule has 204 valence electrons. The highest BCUT2D eigenvalue weighted by molar-refractivity contribution is 7.22. The summed E-state index contributed by atoms with van der Waals surface area (Å²) in [6.45, 7) is 6.20. The predicted octanol–water partition coefficient (Wildman–Crippen LogP) is 6.25. The van der Waals surface area contributed by atoms with E-state index in [1.54, 1.807) is 59.2 Å². The van der Waals surface area contributed by atoms with Crippen LogP contribution in [-0.4, -0.2) is 49.6 Å². The van der Waals surface area contributed by atoms with Crippen LogP contribution in [0.2, 0.25) is 0 Å². The number of pyridine rings is 1. The number of rotatable bonds is 4. The second-order valence-electron chi connectivity index (χ2n) is 10.9. The fraction of sp³-hybridized carbons (Fsp3) is 0.323. The Morgan fingerprint density at radius 2 is 1.85 bits per heavy atom. The van der Waals surface area contributed by atoms with Crippen LogP contribution in [0.1, 0.15) is 44.0 Å². The van der Waals surface area contributed by atoms with Crippen LogP contribution in [0.3, 0.4) is 0 Å². The minimum atomic E-state index is -0.202. The Bertz CT molecular complexity index is 1580. The number of benzene rings is 1. The Labute approximate surface area is 241 Å². The van der Waals surface area contributed by atoms with Crippen LogP contribution in [0.25, 0.3) is 9.75 Å². The molecule has 2 saturated heterocycles. The lowest BCUT2D eigenvalue weighted by atomic mass is 9.73. The third kappa shape index (κ3) is 4.52. The van der Waals surface area contributed by atoms with Crippen LogP contribution in [0.5, 0.6) is 0 Å². The smallest absolute Gasteiger partial charge is 0.259 e. The molecule has 3 aliphatic heterocycles. The van der Waals surface area contributed by atoms with Crippen molar-refractivity contribution >= 4 is 51.7 Å². The number of fused-ring (bicyclic) bond motifs is 3. The number of hydrogen-bond acceptors (Lipinski definition) is 7. The lowest BCUT2D eigenvalue weighted by Gasteiger charge is -2.53. The molecule has 0 bridgehead atoms. The molecule has 7 nitrogen and oxygen atoms in total. The van der Waals surface area contributed by atoms with Crippen molar-refractivity contribution in [3.05, 3.63) is 81.7 Å². The standard InChI is InChI=1S/C31H30N4O3S2/c1-20-17-22-8-13-35(25-9-16-39-27(25)26(22)40-20)30(37)21-4-6-23(7-5-21)33-29(36)24-3-2-12-32-28(24)34-18-31(19-34)10-14-38-15-11-31/h2-7,9,12,16-17H,8,10-11,13-15,18-19H2,1H3,(H,33,36). The molecule has 2 amide bonds. The van der Waals surface area contributed by atoms with E-state index in [0.29, 0.717) is 23.4 Å². The van der Waals surface area contributed by atoms with Crippen LogP contribution in [0.4, 0.5) is 17.2 Å². The van der Waals surface area contributed by atoms with E-state index >= 15 is 0 Å². The molecule has 1 spiro atoms. The number of amides is 2. The highest BCUT2D eigenvalue weighted by Crippen LogP contribution is 2.45. The predicted molar refractivity (Wildman–Crippen MR) is 161 cm³/mol. The van der Waals surface area contributed by atoms with Gasteiger partial charge in [-0.2, -0.15) is 0 Å². The number of aryl methyl sites for hydroxylation is 1. The van der Waals surface area contributed by atoms with Crippen molar-refractivity contribution in [3.8, 4) is 9.75 Å². The maximum absolute atomic E-state index is 13.6. The largest absolute Gasteiger partial charge is 0.381 e. The van der Waals surface area contributed by atoms with Gasteiger partial charge in [-0.15, -0.1) is 22.7 Å². The summed E-state index contributed by atoms with van der Waals surface area (Å²) < 4.78 is 5.54. The van der Waals surface area contributed by atoms with E-state index in [1.165, 1.54) is 20.2 Å². The monoisotopic (exact) mass is 570 g/mol. The number of nitrogens with one attached hydrogen (secondary N) is 1. The van der Waals surface area contributed by atoms with Gasteiger partial charge in [0.05, 0.1) is 16.1 Å². The van der Waals surface area contributed by atoms with Crippen LogP contribution in [0.15, 0.2) is 60.1 Å². The highest BCUT2D eigenvalue weighted by Gasteiger charge is 2.45. The van der Waals surface area contributed by atoms with Gasteiger partial charge in [-0.25, -0.2) is 4.98 Å². The zero-order valence-corrected chi connectivity index (χ0v) is 23.9. The average Bonchev–Trinajstić information content (AvgIpc) is 3.56. The number of hydrogen-bond donors (Lipinski definition) is 1. The molecule has 7 rings (SSSR count). The summed E-state index contributed by atoms with van der Waals surface area (Å²) in [5.74, 6) is 0.492. The van der Waals surface area contributed by atoms with E-state index in [2.05, 4.69) is 33.6 Å². The molecule has 1 aromatic carbocycles. The Morgan fingerprint density at radius 3 is 2.65 bits per heavy atom. The first-order valence-electron chi connectivity index (χ1n) is 13.7. The van der Waals surface area contributed by atoms with Gasteiger partial charge in [0, 0.05) is 65.5 Å². The summed E-state index contributed by atoms with van der Waals surface area (Å²) in [7, 11) is 0. The summed E-state index contributed by atoms with van der Waals surface area (Å²) in [5, 5.41) is 5.07. The number of nitrogens with zero attached hydrogens (tertiary/aromatic N) is 3. The number of aromatic nitrogens is 1. The van der Waals surface area contributed by atoms with Gasteiger partial charge in [0.2, 0.25) is 0 Å². The lowest BCUT2D eigenvalue weighted by molar-refractivity contribution is -0.000509. The molecule has 2 fully saturated rings. The third-order valence-electron chi connectivity index (χ3n) is 8.25. The zero-order chi connectivity index (χ0) is 27.3. The van der Waals surface area contributed by atoms with E-state index in [0.717, 1.165) is 57.1 Å². The molecule has 40 heavy (non-hydrogen) atoms. The Kier molecular flexibility index (Phi) is 6.45. The summed E-state index contributed by atoms with van der Waals surface area (Å²) >= 11 is 3.49. The van der Waals surface area contributed by atoms with Gasteiger partial charge in [0.15, 0.2) is 0 Å². The zero-order valence-electron chi connectivity index (χ0n) is 22.3. The molecule has 0 radical (unpaired) electrons. The maximum Gasteiger partial charge on any atom is 0.259 e. The normalized spacial score (nSPS) is 17.5. The Morgan fingerprint density at radius 1 is 1.05 bits per heavy atom. The molecular formula is C31H30N4O3S2. The molecule has 9 heteroatoms. The summed E-state index contributed by atoms with van der Waals surface area (Å²) in [6, 6.07) is 15.1. The van der Waals surface area contributed by atoms with Crippen molar-refractivity contribution in [2.24, 2.45) is 5.41 Å². The van der Waals surface area contributed by atoms with Crippen LogP contribution in [0, 0.1) is 12.3 Å². The number of carbonyl (C=O) groups is 2. The lowest BCUT2D eigenvalue weighted by Crippen LogP contribution is -2.59. The molecule has 3 aliphatic rings. The first kappa shape index (κ1) is 25.4. The van der Waals surface area contributed by atoms with Gasteiger partial charge < -0.3 is 19.9 Å². The fourth-order valence-corrected chi connectivity index (χ4v) is 8.26.